The minimum absolute atomic E-state index is 0.0142. The summed E-state index contributed by atoms with van der Waals surface area (Å²) in [4.78, 5) is 24.7. The summed E-state index contributed by atoms with van der Waals surface area (Å²) in [6.45, 7) is 4.99. The van der Waals surface area contributed by atoms with Crippen LogP contribution in [0.15, 0.2) is 12.2 Å². The maximum absolute atomic E-state index is 12.5. The summed E-state index contributed by atoms with van der Waals surface area (Å²) >= 11 is 0. The number of unbranched alkanes of at least 4 members (excludes halogenated alkanes) is 55. The van der Waals surface area contributed by atoms with E-state index in [9.17, 15) is 19.8 Å². The summed E-state index contributed by atoms with van der Waals surface area (Å²) in [5.74, 6) is -0.0161. The first kappa shape index (κ1) is 76.6. The Morgan fingerprint density at radius 1 is 0.346 bits per heavy atom. The summed E-state index contributed by atoms with van der Waals surface area (Å²) in [5, 5.41) is 23.4. The van der Waals surface area contributed by atoms with Gasteiger partial charge < -0.3 is 20.3 Å². The predicted molar refractivity (Wildman–Crippen MR) is 343 cm³/mol. The molecule has 0 aromatic rings. The molecule has 0 radical (unpaired) electrons. The van der Waals surface area contributed by atoms with Gasteiger partial charge in [-0.15, -0.1) is 0 Å². The van der Waals surface area contributed by atoms with Crippen molar-refractivity contribution in [3.63, 3.8) is 0 Å². The number of hydrogen-bond donors (Lipinski definition) is 3. The van der Waals surface area contributed by atoms with Crippen LogP contribution in [0.2, 0.25) is 0 Å². The van der Waals surface area contributed by atoms with Crippen molar-refractivity contribution in [2.24, 2.45) is 0 Å². The first-order valence-corrected chi connectivity index (χ1v) is 35.9. The number of aliphatic hydroxyl groups excluding tert-OH is 2. The highest BCUT2D eigenvalue weighted by Gasteiger charge is 2.20. The van der Waals surface area contributed by atoms with E-state index in [-0.39, 0.29) is 18.5 Å². The number of amides is 1. The van der Waals surface area contributed by atoms with E-state index in [1.54, 1.807) is 0 Å². The number of carbonyl (C=O) groups is 2. The Hall–Kier alpha value is -1.40. The minimum Gasteiger partial charge on any atom is -0.466 e. The third-order valence-electron chi connectivity index (χ3n) is 17.1. The second-order valence-corrected chi connectivity index (χ2v) is 24.9. The van der Waals surface area contributed by atoms with Gasteiger partial charge in [-0.05, 0) is 51.4 Å². The summed E-state index contributed by atoms with van der Waals surface area (Å²) in [7, 11) is 0. The number of allylic oxidation sites excluding steroid dienone is 2. The fraction of sp³-hybridized carbons (Fsp3) is 0.944. The zero-order valence-electron chi connectivity index (χ0n) is 53.2. The molecule has 1 amide bonds. The second-order valence-electron chi connectivity index (χ2n) is 24.9. The van der Waals surface area contributed by atoms with Crippen molar-refractivity contribution in [2.45, 2.75) is 424 Å². The van der Waals surface area contributed by atoms with Gasteiger partial charge in [-0.25, -0.2) is 0 Å². The molecule has 0 fully saturated rings. The highest BCUT2D eigenvalue weighted by molar-refractivity contribution is 5.76. The van der Waals surface area contributed by atoms with Gasteiger partial charge in [-0.3, -0.25) is 9.59 Å². The predicted octanol–water partition coefficient (Wildman–Crippen LogP) is 23.1. The smallest absolute Gasteiger partial charge is 0.305 e. The number of ether oxygens (including phenoxy) is 1. The molecule has 0 saturated carbocycles. The molecule has 2 atom stereocenters. The lowest BCUT2D eigenvalue weighted by Crippen LogP contribution is -2.45. The molecule has 6 heteroatoms. The quantitative estimate of drug-likeness (QED) is 0.0320. The maximum Gasteiger partial charge on any atom is 0.305 e. The van der Waals surface area contributed by atoms with Crippen LogP contribution in [-0.4, -0.2) is 47.4 Å². The van der Waals surface area contributed by atoms with Crippen molar-refractivity contribution < 1.29 is 24.5 Å². The van der Waals surface area contributed by atoms with Gasteiger partial charge in [0.2, 0.25) is 5.91 Å². The minimum atomic E-state index is -0.665. The van der Waals surface area contributed by atoms with Gasteiger partial charge in [0.1, 0.15) is 0 Å². The number of nitrogens with one attached hydrogen (secondary N) is 1. The highest BCUT2D eigenvalue weighted by atomic mass is 16.5. The largest absolute Gasteiger partial charge is 0.466 e. The number of esters is 1. The van der Waals surface area contributed by atoms with Gasteiger partial charge in [0.05, 0.1) is 25.4 Å². The lowest BCUT2D eigenvalue weighted by Gasteiger charge is -2.22. The number of carbonyl (C=O) groups excluding carboxylic acids is 2. The van der Waals surface area contributed by atoms with E-state index in [2.05, 4.69) is 31.3 Å². The van der Waals surface area contributed by atoms with Crippen LogP contribution in [0.3, 0.4) is 0 Å². The summed E-state index contributed by atoms with van der Waals surface area (Å²) in [6, 6.07) is -0.542. The standard InChI is InChI=1S/C72H141NO5/c1-3-5-7-9-11-13-15-17-19-21-23-29-32-36-40-44-48-52-56-60-64-70(75)69(68-74)73-71(76)65-61-57-53-49-45-41-37-33-30-26-24-25-27-31-35-39-43-47-51-55-59-63-67-78-72(77)66-62-58-54-50-46-42-38-34-28-22-20-18-16-14-12-10-8-6-4-2/h18,20,69-70,74-75H,3-17,19,21-68H2,1-2H3,(H,73,76)/b20-18-. The molecule has 0 rings (SSSR count). The normalized spacial score (nSPS) is 12.5. The second kappa shape index (κ2) is 68.1. The molecule has 0 aromatic carbocycles. The SMILES string of the molecule is CCCCCCCC/C=C\CCCCCCCCCCCC(=O)OCCCCCCCCCCCCCCCCCCCCCCCCC(=O)NC(CO)C(O)CCCCCCCCCCCCCCCCCCCCCC. The van der Waals surface area contributed by atoms with Crippen molar-refractivity contribution in [3.05, 3.63) is 12.2 Å². The first-order chi connectivity index (χ1) is 38.5. The van der Waals surface area contributed by atoms with E-state index < -0.39 is 12.1 Å². The summed E-state index contributed by atoms with van der Waals surface area (Å²) < 4.78 is 5.51. The molecule has 6 nitrogen and oxygen atoms in total. The van der Waals surface area contributed by atoms with E-state index in [0.29, 0.717) is 25.9 Å². The van der Waals surface area contributed by atoms with E-state index in [1.807, 2.05) is 0 Å². The molecule has 464 valence electrons. The third-order valence-corrected chi connectivity index (χ3v) is 17.1. The van der Waals surface area contributed by atoms with E-state index in [4.69, 9.17) is 4.74 Å². The molecular formula is C72H141NO5. The molecular weight excluding hydrogens is 959 g/mol. The molecule has 2 unspecified atom stereocenters. The van der Waals surface area contributed by atoms with E-state index in [0.717, 1.165) is 44.9 Å². The van der Waals surface area contributed by atoms with Crippen LogP contribution in [0.25, 0.3) is 0 Å². The van der Waals surface area contributed by atoms with Crippen molar-refractivity contribution in [2.75, 3.05) is 13.2 Å². The Morgan fingerprint density at radius 3 is 0.910 bits per heavy atom. The summed E-state index contributed by atoms with van der Waals surface area (Å²) in [6.07, 6.45) is 84.0. The van der Waals surface area contributed by atoms with Crippen LogP contribution >= 0.6 is 0 Å². The molecule has 3 N–H and O–H groups in total. The molecule has 0 aliphatic rings. The Balaban J connectivity index is 3.36. The Labute approximate surface area is 489 Å². The molecule has 78 heavy (non-hydrogen) atoms. The van der Waals surface area contributed by atoms with Gasteiger partial charge in [-0.1, -0.05) is 360 Å². The third kappa shape index (κ3) is 63.8. The van der Waals surface area contributed by atoms with Crippen molar-refractivity contribution in [3.8, 4) is 0 Å². The van der Waals surface area contributed by atoms with Crippen LogP contribution in [0.5, 0.6) is 0 Å². The van der Waals surface area contributed by atoms with E-state index in [1.165, 1.54) is 334 Å². The average molecular weight is 1100 g/mol. The van der Waals surface area contributed by atoms with Crippen molar-refractivity contribution in [1.29, 1.82) is 0 Å². The topological polar surface area (TPSA) is 95.9 Å². The molecule has 0 saturated heterocycles. The molecule has 0 aliphatic carbocycles. The molecule has 0 aromatic heterocycles. The molecule has 0 aliphatic heterocycles. The zero-order chi connectivity index (χ0) is 56.4. The number of hydrogen-bond acceptors (Lipinski definition) is 5. The van der Waals surface area contributed by atoms with Gasteiger partial charge in [0.25, 0.3) is 0 Å². The molecule has 0 heterocycles. The Bertz CT molecular complexity index is 1180. The van der Waals surface area contributed by atoms with Crippen LogP contribution in [-0.2, 0) is 14.3 Å². The Morgan fingerprint density at radius 2 is 0.603 bits per heavy atom. The lowest BCUT2D eigenvalue weighted by molar-refractivity contribution is -0.143. The fourth-order valence-electron chi connectivity index (χ4n) is 11.6. The van der Waals surface area contributed by atoms with Gasteiger partial charge in [-0.2, -0.15) is 0 Å². The fourth-order valence-corrected chi connectivity index (χ4v) is 11.6. The highest BCUT2D eigenvalue weighted by Crippen LogP contribution is 2.19. The lowest BCUT2D eigenvalue weighted by atomic mass is 10.0. The van der Waals surface area contributed by atoms with Crippen LogP contribution in [0, 0.1) is 0 Å². The van der Waals surface area contributed by atoms with Gasteiger partial charge >= 0.3 is 5.97 Å². The molecule has 0 bridgehead atoms. The maximum atomic E-state index is 12.5. The van der Waals surface area contributed by atoms with Gasteiger partial charge in [0.15, 0.2) is 0 Å². The van der Waals surface area contributed by atoms with E-state index >= 15 is 0 Å². The van der Waals surface area contributed by atoms with Crippen LogP contribution in [0.4, 0.5) is 0 Å². The monoisotopic (exact) mass is 1100 g/mol. The van der Waals surface area contributed by atoms with Crippen molar-refractivity contribution in [1.82, 2.24) is 5.32 Å². The molecule has 0 spiro atoms. The van der Waals surface area contributed by atoms with Crippen molar-refractivity contribution >= 4 is 11.9 Å². The number of rotatable bonds is 68. The van der Waals surface area contributed by atoms with Crippen LogP contribution < -0.4 is 5.32 Å². The van der Waals surface area contributed by atoms with Crippen LogP contribution in [0.1, 0.15) is 412 Å². The number of aliphatic hydroxyl groups is 2. The Kier molecular flexibility index (Phi) is 66.9. The summed E-state index contributed by atoms with van der Waals surface area (Å²) in [5.41, 5.74) is 0. The zero-order valence-corrected chi connectivity index (χ0v) is 53.2. The van der Waals surface area contributed by atoms with Gasteiger partial charge in [0, 0.05) is 12.8 Å². The average Bonchev–Trinajstić information content (AvgIpc) is 3.44. The first-order valence-electron chi connectivity index (χ1n) is 35.9.